The van der Waals surface area contributed by atoms with E-state index < -0.39 is 0 Å². The van der Waals surface area contributed by atoms with Gasteiger partial charge in [-0.1, -0.05) is 6.42 Å². The summed E-state index contributed by atoms with van der Waals surface area (Å²) < 4.78 is 0. The Hall–Kier alpha value is -2.89. The summed E-state index contributed by atoms with van der Waals surface area (Å²) in [5.74, 6) is 0.879. The molecule has 0 bridgehead atoms. The predicted octanol–water partition coefficient (Wildman–Crippen LogP) is 2.97. The first-order chi connectivity index (χ1) is 12.6. The Morgan fingerprint density at radius 1 is 1.12 bits per heavy atom. The van der Waals surface area contributed by atoms with Crippen LogP contribution < -0.4 is 16.0 Å². The lowest BCUT2D eigenvalue weighted by Gasteiger charge is -2.24. The number of aryl methyl sites for hydroxylation is 1. The van der Waals surface area contributed by atoms with Crippen LogP contribution in [0.4, 0.5) is 11.5 Å². The Bertz CT molecular complexity index is 770. The van der Waals surface area contributed by atoms with E-state index >= 15 is 0 Å². The second kappa shape index (κ2) is 8.47. The van der Waals surface area contributed by atoms with Gasteiger partial charge >= 0.3 is 0 Å². The molecular formula is C20H24N4O2. The van der Waals surface area contributed by atoms with Crippen molar-refractivity contribution in [3.63, 3.8) is 0 Å². The summed E-state index contributed by atoms with van der Waals surface area (Å²) in [6.07, 6.45) is 4.82. The molecule has 1 aromatic heterocycles. The zero-order valence-electron chi connectivity index (χ0n) is 14.9. The highest BCUT2D eigenvalue weighted by Gasteiger charge is 2.25. The number of pyridine rings is 1. The molecule has 1 aliphatic carbocycles. The van der Waals surface area contributed by atoms with Crippen LogP contribution in [0.2, 0.25) is 0 Å². The van der Waals surface area contributed by atoms with Gasteiger partial charge in [0.15, 0.2) is 0 Å². The third-order valence-electron chi connectivity index (χ3n) is 4.52. The van der Waals surface area contributed by atoms with Gasteiger partial charge in [-0.15, -0.1) is 0 Å². The van der Waals surface area contributed by atoms with Gasteiger partial charge < -0.3 is 16.0 Å². The van der Waals surface area contributed by atoms with Crippen LogP contribution in [0.5, 0.6) is 0 Å². The second-order valence-electron chi connectivity index (χ2n) is 6.60. The van der Waals surface area contributed by atoms with Crippen molar-refractivity contribution in [1.82, 2.24) is 10.3 Å². The van der Waals surface area contributed by atoms with Crippen molar-refractivity contribution in [2.45, 2.75) is 26.2 Å². The lowest BCUT2D eigenvalue weighted by molar-refractivity contribution is -0.122. The number of rotatable bonds is 7. The van der Waals surface area contributed by atoms with Gasteiger partial charge in [0.1, 0.15) is 5.82 Å². The predicted molar refractivity (Wildman–Crippen MR) is 102 cm³/mol. The van der Waals surface area contributed by atoms with Gasteiger partial charge in [-0.2, -0.15) is 0 Å². The Labute approximate surface area is 153 Å². The van der Waals surface area contributed by atoms with E-state index in [9.17, 15) is 9.59 Å². The number of nitrogens with one attached hydrogen (secondary N) is 3. The monoisotopic (exact) mass is 352 g/mol. The van der Waals surface area contributed by atoms with Gasteiger partial charge in [0.25, 0.3) is 5.91 Å². The second-order valence-corrected chi connectivity index (χ2v) is 6.60. The summed E-state index contributed by atoms with van der Waals surface area (Å²) in [6.45, 7) is 3.10. The van der Waals surface area contributed by atoms with Crippen LogP contribution in [0.1, 0.15) is 35.2 Å². The molecule has 0 saturated heterocycles. The van der Waals surface area contributed by atoms with Crippen LogP contribution >= 0.6 is 0 Å². The minimum atomic E-state index is -0.138. The Kier molecular flexibility index (Phi) is 5.84. The number of carbonyl (C=O) groups excluding carboxylic acids is 2. The summed E-state index contributed by atoms with van der Waals surface area (Å²) in [7, 11) is 0. The first-order valence-corrected chi connectivity index (χ1v) is 8.97. The third kappa shape index (κ3) is 4.81. The number of hydrogen-bond donors (Lipinski definition) is 3. The first kappa shape index (κ1) is 17.9. The summed E-state index contributed by atoms with van der Waals surface area (Å²) in [5.41, 5.74) is 2.43. The van der Waals surface area contributed by atoms with Crippen LogP contribution in [-0.4, -0.2) is 29.9 Å². The number of carbonyl (C=O) groups is 2. The fourth-order valence-electron chi connectivity index (χ4n) is 2.72. The van der Waals surface area contributed by atoms with E-state index in [0.717, 1.165) is 36.3 Å². The molecule has 1 heterocycles. The van der Waals surface area contributed by atoms with Crippen LogP contribution in [0.25, 0.3) is 0 Å². The Balaban J connectivity index is 1.42. The van der Waals surface area contributed by atoms with Crippen molar-refractivity contribution < 1.29 is 9.59 Å². The highest BCUT2D eigenvalue weighted by atomic mass is 16.2. The molecule has 2 amide bonds. The van der Waals surface area contributed by atoms with Crippen molar-refractivity contribution in [1.29, 1.82) is 0 Å². The fraction of sp³-hybridized carbons (Fsp3) is 0.350. The molecule has 26 heavy (non-hydrogen) atoms. The molecule has 0 radical (unpaired) electrons. The number of benzene rings is 1. The van der Waals surface area contributed by atoms with Crippen molar-refractivity contribution in [2.24, 2.45) is 5.92 Å². The third-order valence-corrected chi connectivity index (χ3v) is 4.52. The quantitative estimate of drug-likeness (QED) is 0.669. The number of nitrogens with zero attached hydrogens (tertiary/aromatic N) is 1. The van der Waals surface area contributed by atoms with Gasteiger partial charge in [0, 0.05) is 36.5 Å². The number of aromatic nitrogens is 1. The maximum atomic E-state index is 12.2. The highest BCUT2D eigenvalue weighted by molar-refractivity contribution is 5.96. The van der Waals surface area contributed by atoms with Gasteiger partial charge in [-0.05, 0) is 61.7 Å². The van der Waals surface area contributed by atoms with Crippen LogP contribution in [0.3, 0.4) is 0 Å². The van der Waals surface area contributed by atoms with Crippen molar-refractivity contribution >= 4 is 23.3 Å². The molecule has 6 nitrogen and oxygen atoms in total. The summed E-state index contributed by atoms with van der Waals surface area (Å²) >= 11 is 0. The van der Waals surface area contributed by atoms with E-state index in [1.807, 2.05) is 19.1 Å². The average molecular weight is 352 g/mol. The van der Waals surface area contributed by atoms with E-state index in [2.05, 4.69) is 20.9 Å². The molecule has 0 spiro atoms. The number of amides is 2. The Morgan fingerprint density at radius 2 is 1.88 bits per heavy atom. The normalized spacial score (nSPS) is 13.6. The standard InChI is InChI=1S/C20H24N4O2/c1-14-9-10-21-18(13-14)22-11-12-23-19(25)16-5-7-17(8-6-16)24-20(26)15-3-2-4-15/h5-10,13,15H,2-4,11-12H2,1H3,(H,21,22)(H,23,25)(H,24,26). The molecule has 0 unspecified atom stereocenters. The zero-order valence-corrected chi connectivity index (χ0v) is 14.9. The summed E-state index contributed by atoms with van der Waals surface area (Å²) in [4.78, 5) is 28.3. The minimum absolute atomic E-state index is 0.0734. The lowest BCUT2D eigenvalue weighted by Crippen LogP contribution is -2.29. The van der Waals surface area contributed by atoms with E-state index in [4.69, 9.17) is 0 Å². The lowest BCUT2D eigenvalue weighted by atomic mass is 9.85. The molecule has 1 fully saturated rings. The molecule has 1 aromatic carbocycles. The number of hydrogen-bond acceptors (Lipinski definition) is 4. The SMILES string of the molecule is Cc1ccnc(NCCNC(=O)c2ccc(NC(=O)C3CCC3)cc2)c1. The van der Waals surface area contributed by atoms with Gasteiger partial charge in [-0.3, -0.25) is 9.59 Å². The fourth-order valence-corrected chi connectivity index (χ4v) is 2.72. The van der Waals surface area contributed by atoms with Gasteiger partial charge in [0.05, 0.1) is 0 Å². The van der Waals surface area contributed by atoms with Gasteiger partial charge in [0.2, 0.25) is 5.91 Å². The minimum Gasteiger partial charge on any atom is -0.368 e. The molecule has 0 atom stereocenters. The highest BCUT2D eigenvalue weighted by Crippen LogP contribution is 2.27. The van der Waals surface area contributed by atoms with Crippen LogP contribution in [-0.2, 0) is 4.79 Å². The molecule has 3 N–H and O–H groups in total. The van der Waals surface area contributed by atoms with E-state index in [-0.39, 0.29) is 17.7 Å². The maximum Gasteiger partial charge on any atom is 0.251 e. The Morgan fingerprint density at radius 3 is 2.54 bits per heavy atom. The van der Waals surface area contributed by atoms with E-state index in [1.54, 1.807) is 30.5 Å². The van der Waals surface area contributed by atoms with Crippen molar-refractivity contribution in [3.8, 4) is 0 Å². The summed E-state index contributed by atoms with van der Waals surface area (Å²) in [5, 5.41) is 8.93. The van der Waals surface area contributed by atoms with E-state index in [0.29, 0.717) is 18.7 Å². The topological polar surface area (TPSA) is 83.1 Å². The first-order valence-electron chi connectivity index (χ1n) is 8.97. The molecule has 2 aromatic rings. The molecule has 136 valence electrons. The molecule has 1 aliphatic rings. The van der Waals surface area contributed by atoms with Crippen LogP contribution in [0, 0.1) is 12.8 Å². The van der Waals surface area contributed by atoms with Gasteiger partial charge in [-0.25, -0.2) is 4.98 Å². The maximum absolute atomic E-state index is 12.2. The van der Waals surface area contributed by atoms with Crippen molar-refractivity contribution in [2.75, 3.05) is 23.7 Å². The average Bonchev–Trinajstić information content (AvgIpc) is 2.57. The van der Waals surface area contributed by atoms with E-state index in [1.165, 1.54) is 0 Å². The molecule has 1 saturated carbocycles. The molecule has 6 heteroatoms. The molecule has 0 aliphatic heterocycles. The smallest absolute Gasteiger partial charge is 0.251 e. The molecular weight excluding hydrogens is 328 g/mol. The zero-order chi connectivity index (χ0) is 18.4. The summed E-state index contributed by atoms with van der Waals surface area (Å²) in [6, 6.07) is 10.9. The van der Waals surface area contributed by atoms with Crippen molar-refractivity contribution in [3.05, 3.63) is 53.7 Å². The van der Waals surface area contributed by atoms with Crippen LogP contribution in [0.15, 0.2) is 42.6 Å². The molecule has 3 rings (SSSR count). The largest absolute Gasteiger partial charge is 0.368 e. The number of anilines is 2.